The number of carbonyl (C=O) groups excluding carboxylic acids is 1. The van der Waals surface area contributed by atoms with E-state index in [4.69, 9.17) is 19.5 Å². The number of carbonyl (C=O) groups is 1. The minimum Gasteiger partial charge on any atom is -0.493 e. The summed E-state index contributed by atoms with van der Waals surface area (Å²) in [7, 11) is 1.53. The monoisotopic (exact) mass is 289 g/mol. The lowest BCUT2D eigenvalue weighted by Gasteiger charge is -2.13. The van der Waals surface area contributed by atoms with E-state index < -0.39 is 5.97 Å². The molecule has 5 nitrogen and oxygen atoms in total. The van der Waals surface area contributed by atoms with Crippen LogP contribution in [0, 0.1) is 11.3 Å². The molecule has 0 radical (unpaired) electrons. The van der Waals surface area contributed by atoms with Gasteiger partial charge < -0.3 is 14.2 Å². The Hall–Kier alpha value is -2.48. The molecule has 0 N–H and O–H groups in total. The van der Waals surface area contributed by atoms with Crippen LogP contribution in [0.4, 0.5) is 0 Å². The maximum Gasteiger partial charge on any atom is 0.348 e. The van der Waals surface area contributed by atoms with Gasteiger partial charge in [0.2, 0.25) is 0 Å². The highest BCUT2D eigenvalue weighted by Gasteiger charge is 2.11. The van der Waals surface area contributed by atoms with Gasteiger partial charge in [0.05, 0.1) is 19.8 Å². The maximum atomic E-state index is 11.6. The number of benzene rings is 1. The zero-order valence-corrected chi connectivity index (χ0v) is 12.7. The molecule has 112 valence electrons. The summed E-state index contributed by atoms with van der Waals surface area (Å²) >= 11 is 0. The summed E-state index contributed by atoms with van der Waals surface area (Å²) in [6.45, 7) is 5.75. The van der Waals surface area contributed by atoms with Crippen molar-refractivity contribution in [2.75, 3.05) is 13.7 Å². The summed E-state index contributed by atoms with van der Waals surface area (Å²) in [6.07, 6.45) is 1.48. The van der Waals surface area contributed by atoms with Crippen molar-refractivity contribution in [3.8, 4) is 17.6 Å². The molecule has 0 aliphatic rings. The molecule has 0 bridgehead atoms. The Morgan fingerprint density at radius 3 is 2.62 bits per heavy atom. The highest BCUT2D eigenvalue weighted by atomic mass is 16.5. The van der Waals surface area contributed by atoms with Crippen LogP contribution in [-0.2, 0) is 9.53 Å². The SMILES string of the molecule is CCOC(=O)C(C#N)=Cc1ccc(OC(C)C)c(OC)c1. The van der Waals surface area contributed by atoms with Crippen molar-refractivity contribution in [3.05, 3.63) is 29.3 Å². The van der Waals surface area contributed by atoms with E-state index in [1.807, 2.05) is 19.9 Å². The first-order chi connectivity index (χ1) is 10.0. The van der Waals surface area contributed by atoms with Gasteiger partial charge >= 0.3 is 5.97 Å². The summed E-state index contributed by atoms with van der Waals surface area (Å²) < 4.78 is 15.7. The number of ether oxygens (including phenoxy) is 3. The standard InChI is InChI=1S/C16H19NO4/c1-5-20-16(18)13(10-17)8-12-6-7-14(21-11(2)3)15(9-12)19-4/h6-9,11H,5H2,1-4H3. The van der Waals surface area contributed by atoms with Gasteiger partial charge in [0.25, 0.3) is 0 Å². The molecular weight excluding hydrogens is 270 g/mol. The van der Waals surface area contributed by atoms with Crippen LogP contribution in [0.15, 0.2) is 23.8 Å². The third-order valence-corrected chi connectivity index (χ3v) is 2.48. The second-order valence-corrected chi connectivity index (χ2v) is 4.47. The molecule has 1 rings (SSSR count). The number of nitrogens with zero attached hydrogens (tertiary/aromatic N) is 1. The van der Waals surface area contributed by atoms with Gasteiger partial charge in [-0.05, 0) is 44.5 Å². The number of nitriles is 1. The van der Waals surface area contributed by atoms with E-state index in [2.05, 4.69) is 0 Å². The van der Waals surface area contributed by atoms with E-state index in [1.165, 1.54) is 13.2 Å². The topological polar surface area (TPSA) is 68.6 Å². The molecule has 0 aliphatic heterocycles. The van der Waals surface area contributed by atoms with E-state index in [-0.39, 0.29) is 18.3 Å². The Balaban J connectivity index is 3.09. The largest absolute Gasteiger partial charge is 0.493 e. The summed E-state index contributed by atoms with van der Waals surface area (Å²) in [4.78, 5) is 11.6. The van der Waals surface area contributed by atoms with Crippen molar-refractivity contribution >= 4 is 12.0 Å². The molecule has 0 fully saturated rings. The molecule has 21 heavy (non-hydrogen) atoms. The van der Waals surface area contributed by atoms with Gasteiger partial charge in [0.15, 0.2) is 11.5 Å². The first-order valence-electron chi connectivity index (χ1n) is 6.65. The summed E-state index contributed by atoms with van der Waals surface area (Å²) in [5, 5.41) is 9.01. The third kappa shape index (κ3) is 4.84. The highest BCUT2D eigenvalue weighted by Crippen LogP contribution is 2.29. The number of hydrogen-bond acceptors (Lipinski definition) is 5. The van der Waals surface area contributed by atoms with Crippen molar-refractivity contribution in [2.45, 2.75) is 26.9 Å². The fourth-order valence-electron chi connectivity index (χ4n) is 1.64. The quantitative estimate of drug-likeness (QED) is 0.457. The molecule has 0 aliphatic carbocycles. The van der Waals surface area contributed by atoms with E-state index in [0.29, 0.717) is 17.1 Å². The molecule has 0 atom stereocenters. The molecular formula is C16H19NO4. The van der Waals surface area contributed by atoms with Crippen molar-refractivity contribution in [1.82, 2.24) is 0 Å². The second-order valence-electron chi connectivity index (χ2n) is 4.47. The van der Waals surface area contributed by atoms with E-state index in [9.17, 15) is 4.79 Å². The Bertz CT molecular complexity index is 570. The zero-order valence-electron chi connectivity index (χ0n) is 12.7. The number of esters is 1. The molecule has 0 unspecified atom stereocenters. The van der Waals surface area contributed by atoms with Crippen LogP contribution in [0.1, 0.15) is 26.3 Å². The molecule has 0 amide bonds. The van der Waals surface area contributed by atoms with Gasteiger partial charge in [-0.2, -0.15) is 5.26 Å². The van der Waals surface area contributed by atoms with Gasteiger partial charge in [-0.25, -0.2) is 4.79 Å². The predicted octanol–water partition coefficient (Wildman–Crippen LogP) is 2.95. The van der Waals surface area contributed by atoms with Crippen LogP contribution in [0.2, 0.25) is 0 Å². The fourth-order valence-corrected chi connectivity index (χ4v) is 1.64. The fraction of sp³-hybridized carbons (Fsp3) is 0.375. The minimum absolute atomic E-state index is 0.0227. The summed E-state index contributed by atoms with van der Waals surface area (Å²) in [5.41, 5.74) is 0.601. The van der Waals surface area contributed by atoms with E-state index in [1.54, 1.807) is 25.1 Å². The van der Waals surface area contributed by atoms with Crippen LogP contribution in [0.5, 0.6) is 11.5 Å². The first-order valence-corrected chi connectivity index (χ1v) is 6.65. The molecule has 0 saturated carbocycles. The van der Waals surface area contributed by atoms with Gasteiger partial charge in [0, 0.05) is 0 Å². The van der Waals surface area contributed by atoms with Gasteiger partial charge in [0.1, 0.15) is 11.6 Å². The molecule has 0 saturated heterocycles. The van der Waals surface area contributed by atoms with Crippen molar-refractivity contribution in [3.63, 3.8) is 0 Å². The normalized spacial score (nSPS) is 11.0. The van der Waals surface area contributed by atoms with Crippen LogP contribution in [0.3, 0.4) is 0 Å². The van der Waals surface area contributed by atoms with E-state index >= 15 is 0 Å². The van der Waals surface area contributed by atoms with Crippen LogP contribution >= 0.6 is 0 Å². The zero-order chi connectivity index (χ0) is 15.8. The lowest BCUT2D eigenvalue weighted by molar-refractivity contribution is -0.137. The smallest absolute Gasteiger partial charge is 0.348 e. The molecule has 0 heterocycles. The Labute approximate surface area is 124 Å². The van der Waals surface area contributed by atoms with Gasteiger partial charge in [-0.15, -0.1) is 0 Å². The third-order valence-electron chi connectivity index (χ3n) is 2.48. The molecule has 1 aromatic carbocycles. The lowest BCUT2D eigenvalue weighted by Crippen LogP contribution is -2.07. The molecule has 5 heteroatoms. The maximum absolute atomic E-state index is 11.6. The Morgan fingerprint density at radius 2 is 2.10 bits per heavy atom. The highest BCUT2D eigenvalue weighted by molar-refractivity contribution is 5.97. The van der Waals surface area contributed by atoms with Crippen molar-refractivity contribution in [2.24, 2.45) is 0 Å². The first kappa shape index (κ1) is 16.6. The van der Waals surface area contributed by atoms with Gasteiger partial charge in [-0.1, -0.05) is 6.07 Å². The minimum atomic E-state index is -0.638. The number of methoxy groups -OCH3 is 1. The predicted molar refractivity (Wildman–Crippen MR) is 79.0 cm³/mol. The lowest BCUT2D eigenvalue weighted by atomic mass is 10.1. The summed E-state index contributed by atoms with van der Waals surface area (Å²) in [5.74, 6) is 0.513. The van der Waals surface area contributed by atoms with Crippen LogP contribution < -0.4 is 9.47 Å². The molecule has 1 aromatic rings. The average molecular weight is 289 g/mol. The number of hydrogen-bond donors (Lipinski definition) is 0. The van der Waals surface area contributed by atoms with Gasteiger partial charge in [-0.3, -0.25) is 0 Å². The summed E-state index contributed by atoms with van der Waals surface area (Å²) in [6, 6.07) is 7.02. The van der Waals surface area contributed by atoms with Crippen LogP contribution in [-0.4, -0.2) is 25.8 Å². The Kier molecular flexibility index (Phi) is 6.28. The Morgan fingerprint density at radius 1 is 1.38 bits per heavy atom. The molecule has 0 aromatic heterocycles. The van der Waals surface area contributed by atoms with Crippen molar-refractivity contribution in [1.29, 1.82) is 5.26 Å². The second kappa shape index (κ2) is 7.95. The number of rotatable bonds is 6. The molecule has 0 spiro atoms. The average Bonchev–Trinajstić information content (AvgIpc) is 2.45. The van der Waals surface area contributed by atoms with Crippen LogP contribution in [0.25, 0.3) is 6.08 Å². The van der Waals surface area contributed by atoms with E-state index in [0.717, 1.165) is 0 Å². The van der Waals surface area contributed by atoms with Crippen molar-refractivity contribution < 1.29 is 19.0 Å².